The summed E-state index contributed by atoms with van der Waals surface area (Å²) in [5.74, 6) is 0.846. The minimum Gasteiger partial charge on any atom is -0.507 e. The van der Waals surface area contributed by atoms with E-state index in [9.17, 15) is 14.7 Å². The topological polar surface area (TPSA) is 126 Å². The van der Waals surface area contributed by atoms with Crippen LogP contribution in [0.2, 0.25) is 0 Å². The van der Waals surface area contributed by atoms with Crippen molar-refractivity contribution < 1.29 is 38.0 Å². The molecule has 2 N–H and O–H groups in total. The molecule has 37 heavy (non-hydrogen) atoms. The van der Waals surface area contributed by atoms with Gasteiger partial charge in [-0.15, -0.1) is 0 Å². The molecule has 1 amide bonds. The van der Waals surface area contributed by atoms with Crippen molar-refractivity contribution >= 4 is 5.91 Å². The number of aryl methyl sites for hydroxylation is 1. The van der Waals surface area contributed by atoms with E-state index in [0.29, 0.717) is 22.8 Å². The summed E-state index contributed by atoms with van der Waals surface area (Å²) < 4.78 is 33.3. The summed E-state index contributed by atoms with van der Waals surface area (Å²) in [6.45, 7) is 2.00. The zero-order valence-corrected chi connectivity index (χ0v) is 21.0. The lowest BCUT2D eigenvalue weighted by Gasteiger charge is -2.27. The minimum atomic E-state index is -0.921. The molecule has 1 aromatic heterocycles. The number of hydrogen-bond donors (Lipinski definition) is 2. The van der Waals surface area contributed by atoms with Crippen LogP contribution < -0.4 is 34.6 Å². The van der Waals surface area contributed by atoms with Crippen LogP contribution in [0.15, 0.2) is 51.7 Å². The molecule has 0 bridgehead atoms. The first-order valence-corrected chi connectivity index (χ1v) is 11.6. The number of carbonyl (C=O) groups is 1. The number of benzene rings is 2. The van der Waals surface area contributed by atoms with Crippen LogP contribution in [-0.2, 0) is 4.79 Å². The van der Waals surface area contributed by atoms with Gasteiger partial charge in [0.05, 0.1) is 33.4 Å². The van der Waals surface area contributed by atoms with Crippen molar-refractivity contribution in [2.45, 2.75) is 25.4 Å². The summed E-state index contributed by atoms with van der Waals surface area (Å²) in [6.07, 6.45) is -0.594. The molecule has 2 unspecified atom stereocenters. The van der Waals surface area contributed by atoms with Gasteiger partial charge < -0.3 is 38.5 Å². The Labute approximate surface area is 213 Å². The van der Waals surface area contributed by atoms with Gasteiger partial charge >= 0.3 is 5.63 Å². The van der Waals surface area contributed by atoms with E-state index in [2.05, 4.69) is 5.32 Å². The Bertz CT molecular complexity index is 1330. The quantitative estimate of drug-likeness (QED) is 0.446. The van der Waals surface area contributed by atoms with Crippen molar-refractivity contribution in [3.05, 3.63) is 69.8 Å². The van der Waals surface area contributed by atoms with Gasteiger partial charge in [-0.2, -0.15) is 0 Å². The van der Waals surface area contributed by atoms with E-state index in [-0.39, 0.29) is 54.1 Å². The molecular weight excluding hydrogens is 482 g/mol. The van der Waals surface area contributed by atoms with Crippen molar-refractivity contribution in [3.8, 4) is 34.5 Å². The molecule has 10 heteroatoms. The zero-order valence-electron chi connectivity index (χ0n) is 21.0. The fourth-order valence-corrected chi connectivity index (χ4v) is 4.34. The second-order valence-corrected chi connectivity index (χ2v) is 8.43. The van der Waals surface area contributed by atoms with Gasteiger partial charge in [-0.05, 0) is 25.1 Å². The fourth-order valence-electron chi connectivity index (χ4n) is 4.34. The van der Waals surface area contributed by atoms with Crippen LogP contribution in [0.25, 0.3) is 0 Å². The Morgan fingerprint density at radius 2 is 1.81 bits per heavy atom. The van der Waals surface area contributed by atoms with Crippen LogP contribution in [0, 0.1) is 6.92 Å². The summed E-state index contributed by atoms with van der Waals surface area (Å²) >= 11 is 0. The molecule has 0 saturated carbocycles. The predicted octanol–water partition coefficient (Wildman–Crippen LogP) is 3.16. The van der Waals surface area contributed by atoms with Crippen LogP contribution in [0.5, 0.6) is 34.5 Å². The monoisotopic (exact) mass is 511 g/mol. The van der Waals surface area contributed by atoms with Crippen molar-refractivity contribution in [1.82, 2.24) is 5.32 Å². The molecular formula is C27H29NO9. The predicted molar refractivity (Wildman–Crippen MR) is 133 cm³/mol. The molecule has 2 atom stereocenters. The standard InChI is InChI=1S/C27H29NO9/c1-15-11-19(29)24(27(31)36-15)18(17-9-10-22(32-2)26(34-4)25(17)33-3)12-23(30)28-13-16-14-35-20-7-5-6-8-21(20)37-16/h5-11,16,18,29H,12-14H2,1-4H3,(H,28,30). The highest BCUT2D eigenvalue weighted by molar-refractivity contribution is 5.78. The lowest BCUT2D eigenvalue weighted by atomic mass is 9.87. The SMILES string of the molecule is COc1ccc(C(CC(=O)NCC2COc3ccccc3O2)c2c(O)cc(C)oc2=O)c(OC)c1OC. The van der Waals surface area contributed by atoms with E-state index in [1.165, 1.54) is 27.4 Å². The first kappa shape index (κ1) is 25.7. The number of amides is 1. The third-order valence-corrected chi connectivity index (χ3v) is 6.03. The van der Waals surface area contributed by atoms with Crippen LogP contribution >= 0.6 is 0 Å². The number of aromatic hydroxyl groups is 1. The molecule has 0 radical (unpaired) electrons. The van der Waals surface area contributed by atoms with Crippen LogP contribution in [0.3, 0.4) is 0 Å². The van der Waals surface area contributed by atoms with E-state index in [1.54, 1.807) is 25.1 Å². The van der Waals surface area contributed by atoms with Gasteiger partial charge in [-0.25, -0.2) is 4.79 Å². The van der Waals surface area contributed by atoms with Crippen LogP contribution in [-0.4, -0.2) is 51.6 Å². The second-order valence-electron chi connectivity index (χ2n) is 8.43. The van der Waals surface area contributed by atoms with Crippen molar-refractivity contribution in [2.24, 2.45) is 0 Å². The first-order chi connectivity index (χ1) is 17.9. The molecule has 1 aliphatic heterocycles. The van der Waals surface area contributed by atoms with Crippen molar-refractivity contribution in [1.29, 1.82) is 0 Å². The maximum Gasteiger partial charge on any atom is 0.343 e. The molecule has 2 aromatic carbocycles. The van der Waals surface area contributed by atoms with Gasteiger partial charge in [0, 0.05) is 24.0 Å². The summed E-state index contributed by atoms with van der Waals surface area (Å²) in [5, 5.41) is 13.5. The Morgan fingerprint density at radius 1 is 1.08 bits per heavy atom. The van der Waals surface area contributed by atoms with Gasteiger partial charge in [0.25, 0.3) is 0 Å². The molecule has 10 nitrogen and oxygen atoms in total. The number of fused-ring (bicyclic) bond motifs is 1. The molecule has 196 valence electrons. The van der Waals surface area contributed by atoms with E-state index in [1.807, 2.05) is 18.2 Å². The summed E-state index contributed by atoms with van der Waals surface area (Å²) in [4.78, 5) is 26.0. The molecule has 0 spiro atoms. The number of ether oxygens (including phenoxy) is 5. The number of para-hydroxylation sites is 2. The normalized spacial score (nSPS) is 15.0. The second kappa shape index (κ2) is 11.2. The maximum atomic E-state index is 13.1. The molecule has 3 aromatic rings. The highest BCUT2D eigenvalue weighted by Crippen LogP contribution is 2.45. The van der Waals surface area contributed by atoms with Gasteiger partial charge in [0.1, 0.15) is 24.2 Å². The third kappa shape index (κ3) is 5.42. The lowest BCUT2D eigenvalue weighted by Crippen LogP contribution is -2.41. The number of nitrogens with one attached hydrogen (secondary N) is 1. The molecule has 0 aliphatic carbocycles. The van der Waals surface area contributed by atoms with Crippen LogP contribution in [0.1, 0.15) is 29.2 Å². The van der Waals surface area contributed by atoms with Gasteiger partial charge in [0.2, 0.25) is 11.7 Å². The summed E-state index contributed by atoms with van der Waals surface area (Å²) in [6, 6.07) is 11.9. The van der Waals surface area contributed by atoms with E-state index in [4.69, 9.17) is 28.1 Å². The lowest BCUT2D eigenvalue weighted by molar-refractivity contribution is -0.121. The Kier molecular flexibility index (Phi) is 7.76. The van der Waals surface area contributed by atoms with Gasteiger partial charge in [-0.1, -0.05) is 18.2 Å². The van der Waals surface area contributed by atoms with Gasteiger partial charge in [-0.3, -0.25) is 4.79 Å². The summed E-state index contributed by atoms with van der Waals surface area (Å²) in [5.41, 5.74) is -0.391. The van der Waals surface area contributed by atoms with Crippen molar-refractivity contribution in [2.75, 3.05) is 34.5 Å². The minimum absolute atomic E-state index is 0.0718. The van der Waals surface area contributed by atoms with Gasteiger partial charge in [0.15, 0.2) is 23.0 Å². The maximum absolute atomic E-state index is 13.1. The molecule has 4 rings (SSSR count). The highest BCUT2D eigenvalue weighted by atomic mass is 16.6. The molecule has 0 saturated heterocycles. The average molecular weight is 512 g/mol. The Morgan fingerprint density at radius 3 is 2.49 bits per heavy atom. The zero-order chi connectivity index (χ0) is 26.5. The van der Waals surface area contributed by atoms with E-state index >= 15 is 0 Å². The number of methoxy groups -OCH3 is 3. The first-order valence-electron chi connectivity index (χ1n) is 11.6. The highest BCUT2D eigenvalue weighted by Gasteiger charge is 2.31. The number of hydrogen-bond acceptors (Lipinski definition) is 9. The molecule has 2 heterocycles. The molecule has 1 aliphatic rings. The number of rotatable bonds is 9. The largest absolute Gasteiger partial charge is 0.507 e. The number of carbonyl (C=O) groups excluding carboxylic acids is 1. The Hall–Kier alpha value is -4.34. The van der Waals surface area contributed by atoms with Crippen molar-refractivity contribution in [3.63, 3.8) is 0 Å². The van der Waals surface area contributed by atoms with Crippen LogP contribution in [0.4, 0.5) is 0 Å². The fraction of sp³-hybridized carbons (Fsp3) is 0.333. The summed E-state index contributed by atoms with van der Waals surface area (Å²) in [7, 11) is 4.37. The van der Waals surface area contributed by atoms with E-state index < -0.39 is 17.6 Å². The third-order valence-electron chi connectivity index (χ3n) is 6.03. The van der Waals surface area contributed by atoms with E-state index in [0.717, 1.165) is 0 Å². The smallest absolute Gasteiger partial charge is 0.343 e. The average Bonchev–Trinajstić information content (AvgIpc) is 2.89. The molecule has 0 fully saturated rings. The Balaban J connectivity index is 1.63.